The van der Waals surface area contributed by atoms with Crippen LogP contribution < -0.4 is 0 Å². The second-order valence-corrected chi connectivity index (χ2v) is 6.30. The zero-order valence-electron chi connectivity index (χ0n) is 11.2. The summed E-state index contributed by atoms with van der Waals surface area (Å²) in [5.74, 6) is 0. The first kappa shape index (κ1) is 10.6. The van der Waals surface area contributed by atoms with Crippen LogP contribution >= 0.6 is 0 Å². The highest BCUT2D eigenvalue weighted by Crippen LogP contribution is 2.55. The van der Waals surface area contributed by atoms with E-state index in [9.17, 15) is 0 Å². The maximum atomic E-state index is 4.31. The van der Waals surface area contributed by atoms with Crippen LogP contribution in [0.15, 0.2) is 42.5 Å². The zero-order valence-corrected chi connectivity index (χ0v) is 11.2. The third-order valence-electron chi connectivity index (χ3n) is 4.87. The first-order valence-electron chi connectivity index (χ1n) is 7.26. The molecule has 0 atom stereocenters. The number of hydrogen-bond donors (Lipinski definition) is 0. The van der Waals surface area contributed by atoms with Gasteiger partial charge in [-0.05, 0) is 66.5 Å². The molecule has 0 N–H and O–H groups in total. The largest absolute Gasteiger partial charge is 0.213 e. The molecule has 0 aliphatic heterocycles. The summed E-state index contributed by atoms with van der Waals surface area (Å²) in [6.45, 7) is 0. The Morgan fingerprint density at radius 3 is 2.70 bits per heavy atom. The van der Waals surface area contributed by atoms with Gasteiger partial charge in [-0.2, -0.15) is 0 Å². The number of para-hydroxylation sites is 1. The topological polar surface area (TPSA) is 30.7 Å². The van der Waals surface area contributed by atoms with Crippen LogP contribution in [0.3, 0.4) is 0 Å². The molecule has 5 rings (SSSR count). The van der Waals surface area contributed by atoms with Gasteiger partial charge in [0.15, 0.2) is 0 Å². The first-order chi connectivity index (χ1) is 9.83. The minimum absolute atomic E-state index is 0.630. The highest BCUT2D eigenvalue weighted by molar-refractivity contribution is 5.76. The predicted molar refractivity (Wildman–Crippen MR) is 77.9 cm³/mol. The lowest BCUT2D eigenvalue weighted by Crippen LogP contribution is -1.98. The molecule has 1 aromatic heterocycles. The Bertz CT molecular complexity index is 827. The third-order valence-corrected chi connectivity index (χ3v) is 4.87. The van der Waals surface area contributed by atoms with Crippen molar-refractivity contribution in [3.8, 4) is 5.69 Å². The van der Waals surface area contributed by atoms with Crippen molar-refractivity contribution in [1.29, 1.82) is 0 Å². The number of aromatic nitrogens is 3. The number of rotatable bonds is 1. The van der Waals surface area contributed by atoms with Crippen LogP contribution in [-0.2, 0) is 12.8 Å². The van der Waals surface area contributed by atoms with E-state index >= 15 is 0 Å². The van der Waals surface area contributed by atoms with Crippen LogP contribution in [-0.4, -0.2) is 15.0 Å². The summed E-state index contributed by atoms with van der Waals surface area (Å²) in [6, 6.07) is 14.9. The van der Waals surface area contributed by atoms with Crippen LogP contribution in [0.4, 0.5) is 0 Å². The summed E-state index contributed by atoms with van der Waals surface area (Å²) >= 11 is 0. The van der Waals surface area contributed by atoms with Crippen molar-refractivity contribution in [3.05, 3.63) is 53.6 Å². The predicted octanol–water partition coefficient (Wildman–Crippen LogP) is 3.30. The summed E-state index contributed by atoms with van der Waals surface area (Å²) in [7, 11) is 0. The molecule has 2 aliphatic rings. The van der Waals surface area contributed by atoms with E-state index in [0.29, 0.717) is 5.41 Å². The maximum absolute atomic E-state index is 4.31. The lowest BCUT2D eigenvalue weighted by Gasteiger charge is -2.05. The van der Waals surface area contributed by atoms with Gasteiger partial charge in [0.2, 0.25) is 0 Å². The summed E-state index contributed by atoms with van der Waals surface area (Å²) in [6.07, 6.45) is 5.34. The van der Waals surface area contributed by atoms with Gasteiger partial charge in [0.1, 0.15) is 5.52 Å². The third kappa shape index (κ3) is 1.40. The first-order valence-corrected chi connectivity index (χ1v) is 7.26. The number of fused-ring (bicyclic) bond motifs is 2. The SMILES string of the molecule is c1ccc2c(c1)nnn2-c1ccc2c(c1)CC1(CC1)C2. The fourth-order valence-electron chi connectivity index (χ4n) is 3.54. The van der Waals surface area contributed by atoms with Gasteiger partial charge in [0.25, 0.3) is 0 Å². The Labute approximate surface area is 117 Å². The van der Waals surface area contributed by atoms with Gasteiger partial charge >= 0.3 is 0 Å². The second kappa shape index (κ2) is 3.48. The normalized spacial score (nSPS) is 18.6. The van der Waals surface area contributed by atoms with Crippen molar-refractivity contribution in [2.75, 3.05) is 0 Å². The van der Waals surface area contributed by atoms with Crippen LogP contribution in [0.25, 0.3) is 16.7 Å². The van der Waals surface area contributed by atoms with E-state index in [-0.39, 0.29) is 0 Å². The number of benzene rings is 2. The number of nitrogens with zero attached hydrogens (tertiary/aromatic N) is 3. The Hall–Kier alpha value is -2.16. The molecule has 20 heavy (non-hydrogen) atoms. The average Bonchev–Trinajstić information content (AvgIpc) is 2.96. The van der Waals surface area contributed by atoms with Gasteiger partial charge in [0, 0.05) is 0 Å². The monoisotopic (exact) mass is 261 g/mol. The van der Waals surface area contributed by atoms with E-state index in [1.165, 1.54) is 36.8 Å². The molecule has 0 saturated heterocycles. The van der Waals surface area contributed by atoms with E-state index in [4.69, 9.17) is 0 Å². The van der Waals surface area contributed by atoms with Gasteiger partial charge in [-0.25, -0.2) is 4.68 Å². The fourth-order valence-corrected chi connectivity index (χ4v) is 3.54. The molecule has 1 heterocycles. The molecule has 3 aromatic rings. The highest BCUT2D eigenvalue weighted by Gasteiger charge is 2.46. The molecular formula is C17H15N3. The van der Waals surface area contributed by atoms with Crippen LogP contribution in [0.2, 0.25) is 0 Å². The molecule has 3 heteroatoms. The molecule has 3 nitrogen and oxygen atoms in total. The van der Waals surface area contributed by atoms with Crippen molar-refractivity contribution in [2.24, 2.45) is 5.41 Å². The molecule has 0 unspecified atom stereocenters. The molecule has 2 aliphatic carbocycles. The molecular weight excluding hydrogens is 246 g/mol. The van der Waals surface area contributed by atoms with Crippen molar-refractivity contribution >= 4 is 11.0 Å². The van der Waals surface area contributed by atoms with Crippen molar-refractivity contribution < 1.29 is 0 Å². The van der Waals surface area contributed by atoms with Gasteiger partial charge in [-0.15, -0.1) is 5.10 Å². The maximum Gasteiger partial charge on any atom is 0.113 e. The molecule has 0 radical (unpaired) electrons. The summed E-state index contributed by atoms with van der Waals surface area (Å²) < 4.78 is 1.95. The Morgan fingerprint density at radius 2 is 1.80 bits per heavy atom. The lowest BCUT2D eigenvalue weighted by molar-refractivity contribution is 0.549. The Morgan fingerprint density at radius 1 is 0.950 bits per heavy atom. The quantitative estimate of drug-likeness (QED) is 0.673. The van der Waals surface area contributed by atoms with Gasteiger partial charge in [-0.3, -0.25) is 0 Å². The van der Waals surface area contributed by atoms with E-state index < -0.39 is 0 Å². The lowest BCUT2D eigenvalue weighted by atomic mass is 10.0. The number of hydrogen-bond acceptors (Lipinski definition) is 2. The second-order valence-electron chi connectivity index (χ2n) is 6.30. The van der Waals surface area contributed by atoms with Crippen LogP contribution in [0, 0.1) is 5.41 Å². The Balaban J connectivity index is 1.65. The smallest absolute Gasteiger partial charge is 0.113 e. The summed E-state index contributed by atoms with van der Waals surface area (Å²) in [4.78, 5) is 0. The Kier molecular flexibility index (Phi) is 1.85. The van der Waals surface area contributed by atoms with Crippen molar-refractivity contribution in [1.82, 2.24) is 15.0 Å². The van der Waals surface area contributed by atoms with E-state index in [1.54, 1.807) is 0 Å². The minimum Gasteiger partial charge on any atom is -0.213 e. The van der Waals surface area contributed by atoms with E-state index in [2.05, 4.69) is 34.6 Å². The van der Waals surface area contributed by atoms with E-state index in [0.717, 1.165) is 16.7 Å². The molecule has 1 fully saturated rings. The average molecular weight is 261 g/mol. The summed E-state index contributed by atoms with van der Waals surface area (Å²) in [5.41, 5.74) is 6.84. The van der Waals surface area contributed by atoms with Gasteiger partial charge in [0.05, 0.1) is 11.2 Å². The van der Waals surface area contributed by atoms with Gasteiger partial charge in [-0.1, -0.05) is 23.4 Å². The molecule has 0 bridgehead atoms. The zero-order chi connectivity index (χ0) is 13.2. The van der Waals surface area contributed by atoms with Crippen molar-refractivity contribution in [3.63, 3.8) is 0 Å². The molecule has 98 valence electrons. The molecule has 2 aromatic carbocycles. The molecule has 0 amide bonds. The molecule has 1 saturated carbocycles. The standard InChI is InChI=1S/C17H15N3/c1-2-4-16-15(3-1)18-19-20(16)14-6-5-12-10-17(7-8-17)11-13(12)9-14/h1-6,9H,7-8,10-11H2. The molecule has 1 spiro atoms. The fraction of sp³-hybridized carbons (Fsp3) is 0.294. The van der Waals surface area contributed by atoms with Crippen LogP contribution in [0.5, 0.6) is 0 Å². The van der Waals surface area contributed by atoms with Crippen LogP contribution in [0.1, 0.15) is 24.0 Å². The van der Waals surface area contributed by atoms with Gasteiger partial charge < -0.3 is 0 Å². The minimum atomic E-state index is 0.630. The van der Waals surface area contributed by atoms with E-state index in [1.807, 2.05) is 22.9 Å². The highest BCUT2D eigenvalue weighted by atomic mass is 15.4. The summed E-state index contributed by atoms with van der Waals surface area (Å²) in [5, 5.41) is 8.55. The van der Waals surface area contributed by atoms with Crippen molar-refractivity contribution in [2.45, 2.75) is 25.7 Å².